The maximum Gasteiger partial charge on any atom is 0.134 e. The van der Waals surface area contributed by atoms with Crippen LogP contribution in [0.3, 0.4) is 0 Å². The summed E-state index contributed by atoms with van der Waals surface area (Å²) in [5.41, 5.74) is -0.200. The monoisotopic (exact) mass is 301 g/mol. The topological polar surface area (TPSA) is 21.3 Å². The molecule has 0 fully saturated rings. The van der Waals surface area contributed by atoms with Crippen LogP contribution < -0.4 is 10.1 Å². The summed E-state index contributed by atoms with van der Waals surface area (Å²) >= 11 is 1.32. The summed E-state index contributed by atoms with van der Waals surface area (Å²) in [4.78, 5) is 0.652. The molecule has 1 unspecified atom stereocenters. The van der Waals surface area contributed by atoms with Crippen molar-refractivity contribution in [3.8, 4) is 5.75 Å². The average molecular weight is 301 g/mol. The van der Waals surface area contributed by atoms with Crippen molar-refractivity contribution in [2.45, 2.75) is 13.0 Å². The van der Waals surface area contributed by atoms with Crippen LogP contribution in [-0.4, -0.2) is 13.7 Å². The first-order valence-corrected chi connectivity index (χ1v) is 6.95. The zero-order chi connectivity index (χ0) is 14.7. The normalized spacial score (nSPS) is 12.4. The lowest BCUT2D eigenvalue weighted by Gasteiger charge is -2.19. The molecule has 20 heavy (non-hydrogen) atoms. The summed E-state index contributed by atoms with van der Waals surface area (Å²) in [6, 6.07) is 2.38. The van der Waals surface area contributed by atoms with Gasteiger partial charge in [0.2, 0.25) is 0 Å². The lowest BCUT2D eigenvalue weighted by molar-refractivity contribution is 0.405. The second kappa shape index (κ2) is 6.28. The summed E-state index contributed by atoms with van der Waals surface area (Å²) < 4.78 is 46.1. The summed E-state index contributed by atoms with van der Waals surface area (Å²) in [5, 5.41) is 4.78. The van der Waals surface area contributed by atoms with E-state index >= 15 is 0 Å². The molecule has 108 valence electrons. The summed E-state index contributed by atoms with van der Waals surface area (Å²) in [7, 11) is 1.49. The van der Waals surface area contributed by atoms with E-state index < -0.39 is 23.5 Å². The lowest BCUT2D eigenvalue weighted by atomic mass is 10.0. The molecule has 0 amide bonds. The maximum absolute atomic E-state index is 14.0. The highest BCUT2D eigenvalue weighted by molar-refractivity contribution is 7.10. The van der Waals surface area contributed by atoms with Crippen molar-refractivity contribution in [2.75, 3.05) is 13.7 Å². The predicted octanol–water partition coefficient (Wildman–Crippen LogP) is 3.87. The van der Waals surface area contributed by atoms with Gasteiger partial charge in [-0.1, -0.05) is 6.92 Å². The van der Waals surface area contributed by atoms with E-state index in [-0.39, 0.29) is 5.56 Å². The Balaban J connectivity index is 2.54. The van der Waals surface area contributed by atoms with E-state index in [1.54, 1.807) is 11.4 Å². The van der Waals surface area contributed by atoms with Gasteiger partial charge in [0, 0.05) is 17.7 Å². The minimum atomic E-state index is -0.933. The van der Waals surface area contributed by atoms with E-state index in [0.29, 0.717) is 29.3 Å². The van der Waals surface area contributed by atoms with Gasteiger partial charge in [-0.15, -0.1) is 11.3 Å². The molecule has 1 aromatic heterocycles. The Bertz CT molecular complexity index is 577. The van der Waals surface area contributed by atoms with Gasteiger partial charge in [0.1, 0.15) is 23.2 Å². The molecule has 0 bridgehead atoms. The molecule has 6 heteroatoms. The molecule has 1 heterocycles. The Labute approximate surface area is 119 Å². The van der Waals surface area contributed by atoms with Crippen molar-refractivity contribution < 1.29 is 17.9 Å². The van der Waals surface area contributed by atoms with Gasteiger partial charge in [0.15, 0.2) is 0 Å². The molecular formula is C14H14F3NOS. The molecule has 1 aromatic carbocycles. The Morgan fingerprint density at radius 2 is 1.90 bits per heavy atom. The van der Waals surface area contributed by atoms with Crippen LogP contribution in [0.15, 0.2) is 23.6 Å². The zero-order valence-corrected chi connectivity index (χ0v) is 11.9. The fourth-order valence-corrected chi connectivity index (χ4v) is 2.99. The highest BCUT2D eigenvalue weighted by atomic mass is 32.1. The van der Waals surface area contributed by atoms with Crippen molar-refractivity contribution in [3.05, 3.63) is 51.5 Å². The number of rotatable bonds is 5. The zero-order valence-electron chi connectivity index (χ0n) is 11.0. The molecule has 0 saturated heterocycles. The van der Waals surface area contributed by atoms with Crippen LogP contribution in [0.25, 0.3) is 0 Å². The molecule has 0 spiro atoms. The number of halogens is 3. The second-order valence-corrected chi connectivity index (χ2v) is 5.07. The van der Waals surface area contributed by atoms with Gasteiger partial charge in [-0.05, 0) is 18.0 Å². The van der Waals surface area contributed by atoms with Crippen molar-refractivity contribution in [3.63, 3.8) is 0 Å². The van der Waals surface area contributed by atoms with Gasteiger partial charge in [-0.3, -0.25) is 0 Å². The van der Waals surface area contributed by atoms with Crippen LogP contribution in [0.4, 0.5) is 13.2 Å². The number of thiophene rings is 1. The van der Waals surface area contributed by atoms with Crippen LogP contribution in [0.5, 0.6) is 5.75 Å². The van der Waals surface area contributed by atoms with Gasteiger partial charge in [-0.2, -0.15) is 0 Å². The van der Waals surface area contributed by atoms with Gasteiger partial charge in [-0.25, -0.2) is 13.2 Å². The van der Waals surface area contributed by atoms with Crippen molar-refractivity contribution >= 4 is 11.3 Å². The molecule has 1 N–H and O–H groups in total. The SMILES string of the molecule is CCNC(c1sccc1OC)c1c(F)cc(F)cc1F. The van der Waals surface area contributed by atoms with Crippen LogP contribution >= 0.6 is 11.3 Å². The molecule has 2 aromatic rings. The summed E-state index contributed by atoms with van der Waals surface area (Å²) in [6.07, 6.45) is 0. The van der Waals surface area contributed by atoms with Gasteiger partial charge in [0.05, 0.1) is 18.0 Å². The Morgan fingerprint density at radius 1 is 1.25 bits per heavy atom. The van der Waals surface area contributed by atoms with E-state index in [2.05, 4.69) is 5.32 Å². The summed E-state index contributed by atoms with van der Waals surface area (Å²) in [6.45, 7) is 2.33. The molecular weight excluding hydrogens is 287 g/mol. The fourth-order valence-electron chi connectivity index (χ4n) is 2.05. The number of nitrogens with one attached hydrogen (secondary N) is 1. The van der Waals surface area contributed by atoms with Gasteiger partial charge >= 0.3 is 0 Å². The quantitative estimate of drug-likeness (QED) is 0.905. The van der Waals surface area contributed by atoms with Gasteiger partial charge in [0.25, 0.3) is 0 Å². The highest BCUT2D eigenvalue weighted by Crippen LogP contribution is 2.36. The van der Waals surface area contributed by atoms with Crippen LogP contribution in [0.1, 0.15) is 23.4 Å². The first-order valence-electron chi connectivity index (χ1n) is 6.07. The van der Waals surface area contributed by atoms with Crippen LogP contribution in [0.2, 0.25) is 0 Å². The van der Waals surface area contributed by atoms with E-state index in [0.717, 1.165) is 0 Å². The minimum Gasteiger partial charge on any atom is -0.496 e. The first kappa shape index (κ1) is 14.9. The number of hydrogen-bond donors (Lipinski definition) is 1. The molecule has 2 rings (SSSR count). The fraction of sp³-hybridized carbons (Fsp3) is 0.286. The van der Waals surface area contributed by atoms with E-state index in [1.807, 2.05) is 6.92 Å². The second-order valence-electron chi connectivity index (χ2n) is 4.13. The smallest absolute Gasteiger partial charge is 0.134 e. The standard InChI is InChI=1S/C14H14F3NOS/c1-3-18-13(14-11(19-2)4-5-20-14)12-9(16)6-8(15)7-10(12)17/h4-7,13,18H,3H2,1-2H3. The van der Waals surface area contributed by atoms with Crippen molar-refractivity contribution in [1.82, 2.24) is 5.32 Å². The number of methoxy groups -OCH3 is 1. The predicted molar refractivity (Wildman–Crippen MR) is 72.7 cm³/mol. The lowest BCUT2D eigenvalue weighted by Crippen LogP contribution is -2.24. The van der Waals surface area contributed by atoms with Crippen LogP contribution in [-0.2, 0) is 0 Å². The molecule has 1 atom stereocenters. The largest absolute Gasteiger partial charge is 0.496 e. The molecule has 0 radical (unpaired) electrons. The van der Waals surface area contributed by atoms with Crippen molar-refractivity contribution in [2.24, 2.45) is 0 Å². The molecule has 0 aliphatic heterocycles. The third-order valence-corrected chi connectivity index (χ3v) is 3.84. The van der Waals surface area contributed by atoms with Crippen molar-refractivity contribution in [1.29, 1.82) is 0 Å². The molecule has 0 aliphatic rings. The number of hydrogen-bond acceptors (Lipinski definition) is 3. The van der Waals surface area contributed by atoms with E-state index in [1.165, 1.54) is 18.4 Å². The molecule has 0 aliphatic carbocycles. The van der Waals surface area contributed by atoms with E-state index in [9.17, 15) is 13.2 Å². The molecule has 2 nitrogen and oxygen atoms in total. The Morgan fingerprint density at radius 3 is 2.45 bits per heavy atom. The Kier molecular flexibility index (Phi) is 4.67. The van der Waals surface area contributed by atoms with Gasteiger partial charge < -0.3 is 10.1 Å². The highest BCUT2D eigenvalue weighted by Gasteiger charge is 2.26. The molecule has 0 saturated carbocycles. The first-order chi connectivity index (χ1) is 9.58. The number of benzene rings is 1. The maximum atomic E-state index is 14.0. The Hall–Kier alpha value is -1.53. The minimum absolute atomic E-state index is 0.200. The average Bonchev–Trinajstić information content (AvgIpc) is 2.84. The third kappa shape index (κ3) is 2.81. The number of ether oxygens (including phenoxy) is 1. The van der Waals surface area contributed by atoms with E-state index in [4.69, 9.17) is 4.74 Å². The third-order valence-electron chi connectivity index (χ3n) is 2.88. The summed E-state index contributed by atoms with van der Waals surface area (Å²) in [5.74, 6) is -2.21. The van der Waals surface area contributed by atoms with Crippen LogP contribution in [0, 0.1) is 17.5 Å².